The van der Waals surface area contributed by atoms with Gasteiger partial charge in [-0.25, -0.2) is 15.0 Å². The van der Waals surface area contributed by atoms with Crippen LogP contribution in [0.15, 0.2) is 41.1 Å². The van der Waals surface area contributed by atoms with Gasteiger partial charge in [-0.1, -0.05) is 23.7 Å². The topological polar surface area (TPSA) is 54.5 Å². The van der Waals surface area contributed by atoms with Crippen LogP contribution in [0.25, 0.3) is 22.9 Å². The first-order chi connectivity index (χ1) is 10.7. The normalized spacial score (nSPS) is 14.3. The van der Waals surface area contributed by atoms with Crippen molar-refractivity contribution < 1.29 is 0 Å². The second-order valence-corrected chi connectivity index (χ2v) is 6.65. The molecule has 1 aliphatic carbocycles. The molecule has 0 aliphatic heterocycles. The van der Waals surface area contributed by atoms with Crippen molar-refractivity contribution >= 4 is 27.5 Å². The molecule has 2 heterocycles. The molecule has 4 nitrogen and oxygen atoms in total. The average Bonchev–Trinajstić information content (AvgIpc) is 3.29. The van der Waals surface area contributed by atoms with Crippen molar-refractivity contribution in [1.82, 2.24) is 19.9 Å². The lowest BCUT2D eigenvalue weighted by molar-refractivity contribution is 0.985. The summed E-state index contributed by atoms with van der Waals surface area (Å²) in [6.45, 7) is 0. The van der Waals surface area contributed by atoms with Gasteiger partial charge in [0, 0.05) is 22.2 Å². The molecule has 1 N–H and O–H groups in total. The molecule has 0 atom stereocenters. The van der Waals surface area contributed by atoms with E-state index in [4.69, 9.17) is 11.6 Å². The van der Waals surface area contributed by atoms with Crippen LogP contribution in [0.2, 0.25) is 5.02 Å². The number of hydrogen-bond donors (Lipinski definition) is 1. The minimum atomic E-state index is 0.547. The van der Waals surface area contributed by atoms with Crippen LogP contribution < -0.4 is 0 Å². The first kappa shape index (κ1) is 13.9. The van der Waals surface area contributed by atoms with Gasteiger partial charge in [0.05, 0.1) is 11.9 Å². The molecule has 1 saturated carbocycles. The van der Waals surface area contributed by atoms with Crippen molar-refractivity contribution in [3.63, 3.8) is 0 Å². The van der Waals surface area contributed by atoms with Crippen LogP contribution in [0.3, 0.4) is 0 Å². The van der Waals surface area contributed by atoms with Crippen LogP contribution in [-0.2, 0) is 0 Å². The molecule has 3 aromatic rings. The maximum absolute atomic E-state index is 5.97. The highest BCUT2D eigenvalue weighted by Gasteiger charge is 2.26. The first-order valence-electron chi connectivity index (χ1n) is 7.05. The third-order valence-corrected chi connectivity index (χ3v) is 4.29. The monoisotopic (exact) mass is 374 g/mol. The summed E-state index contributed by atoms with van der Waals surface area (Å²) in [5, 5.41) is 0.718. The molecule has 1 aliphatic rings. The van der Waals surface area contributed by atoms with Gasteiger partial charge in [0.1, 0.15) is 4.60 Å². The standard InChI is InChI=1S/C16H12BrClN4/c17-14-8-19-15(22-14)16-20-12(9-1-2-9)7-13(21-16)10-3-5-11(18)6-4-10/h3-9H,1-2H2,(H,19,22). The summed E-state index contributed by atoms with van der Waals surface area (Å²) in [4.78, 5) is 16.8. The smallest absolute Gasteiger partial charge is 0.196 e. The molecule has 0 spiro atoms. The second-order valence-electron chi connectivity index (χ2n) is 5.36. The minimum Gasteiger partial charge on any atom is -0.330 e. The summed E-state index contributed by atoms with van der Waals surface area (Å²) in [5.74, 6) is 1.84. The van der Waals surface area contributed by atoms with E-state index in [-0.39, 0.29) is 0 Å². The van der Waals surface area contributed by atoms with E-state index in [2.05, 4.69) is 41.9 Å². The van der Waals surface area contributed by atoms with Crippen molar-refractivity contribution in [2.75, 3.05) is 0 Å². The highest BCUT2D eigenvalue weighted by molar-refractivity contribution is 9.10. The molecule has 110 valence electrons. The van der Waals surface area contributed by atoms with E-state index in [1.54, 1.807) is 6.20 Å². The summed E-state index contributed by atoms with van der Waals surface area (Å²) in [7, 11) is 0. The zero-order valence-electron chi connectivity index (χ0n) is 11.6. The zero-order valence-corrected chi connectivity index (χ0v) is 13.9. The van der Waals surface area contributed by atoms with Crippen molar-refractivity contribution in [2.45, 2.75) is 18.8 Å². The highest BCUT2D eigenvalue weighted by Crippen LogP contribution is 2.40. The lowest BCUT2D eigenvalue weighted by atomic mass is 10.1. The van der Waals surface area contributed by atoms with E-state index in [1.165, 1.54) is 12.8 Å². The molecular formula is C16H12BrClN4. The molecule has 4 rings (SSSR count). The molecule has 1 aromatic carbocycles. The highest BCUT2D eigenvalue weighted by atomic mass is 79.9. The van der Waals surface area contributed by atoms with Crippen LogP contribution in [0.4, 0.5) is 0 Å². The number of benzene rings is 1. The van der Waals surface area contributed by atoms with Crippen molar-refractivity contribution in [3.05, 3.63) is 51.8 Å². The van der Waals surface area contributed by atoms with Crippen molar-refractivity contribution in [2.24, 2.45) is 0 Å². The Kier molecular flexibility index (Phi) is 3.47. The average molecular weight is 376 g/mol. The van der Waals surface area contributed by atoms with Gasteiger partial charge in [0.15, 0.2) is 11.6 Å². The molecule has 22 heavy (non-hydrogen) atoms. The zero-order chi connectivity index (χ0) is 15.1. The van der Waals surface area contributed by atoms with Gasteiger partial charge in [0.25, 0.3) is 0 Å². The van der Waals surface area contributed by atoms with E-state index in [0.717, 1.165) is 26.6 Å². The molecule has 6 heteroatoms. The maximum atomic E-state index is 5.97. The van der Waals surface area contributed by atoms with Crippen LogP contribution in [0.5, 0.6) is 0 Å². The SMILES string of the molecule is Clc1ccc(-c2cc(C3CC3)nc(-c3ncc(Br)[nH]3)n2)cc1. The quantitative estimate of drug-likeness (QED) is 0.713. The molecule has 0 amide bonds. The lowest BCUT2D eigenvalue weighted by Gasteiger charge is -2.07. The van der Waals surface area contributed by atoms with E-state index < -0.39 is 0 Å². The maximum Gasteiger partial charge on any atom is 0.196 e. The van der Waals surface area contributed by atoms with Gasteiger partial charge in [0.2, 0.25) is 0 Å². The third-order valence-electron chi connectivity index (χ3n) is 3.64. The van der Waals surface area contributed by atoms with Crippen LogP contribution in [0.1, 0.15) is 24.5 Å². The van der Waals surface area contributed by atoms with E-state index in [1.807, 2.05) is 24.3 Å². The summed E-state index contributed by atoms with van der Waals surface area (Å²) in [6.07, 6.45) is 4.10. The Hall–Kier alpha value is -1.72. The summed E-state index contributed by atoms with van der Waals surface area (Å²) < 4.78 is 0.816. The number of halogens is 2. The minimum absolute atomic E-state index is 0.547. The Morgan fingerprint density at radius 2 is 1.91 bits per heavy atom. The van der Waals surface area contributed by atoms with Crippen LogP contribution >= 0.6 is 27.5 Å². The number of nitrogens with one attached hydrogen (secondary N) is 1. The molecule has 0 unspecified atom stereocenters. The van der Waals surface area contributed by atoms with Gasteiger partial charge in [-0.3, -0.25) is 0 Å². The molecule has 0 bridgehead atoms. The number of rotatable bonds is 3. The van der Waals surface area contributed by atoms with Gasteiger partial charge in [-0.05, 0) is 47.0 Å². The van der Waals surface area contributed by atoms with Crippen LogP contribution in [0, 0.1) is 0 Å². The number of nitrogens with zero attached hydrogens (tertiary/aromatic N) is 3. The number of hydrogen-bond acceptors (Lipinski definition) is 3. The summed E-state index contributed by atoms with van der Waals surface area (Å²) in [5.41, 5.74) is 3.01. The number of aromatic amines is 1. The fourth-order valence-electron chi connectivity index (χ4n) is 2.34. The third kappa shape index (κ3) is 2.78. The summed E-state index contributed by atoms with van der Waals surface area (Å²) >= 11 is 9.34. The number of imidazole rings is 1. The number of aromatic nitrogens is 4. The Bertz CT molecular complexity index is 824. The first-order valence-corrected chi connectivity index (χ1v) is 8.22. The van der Waals surface area contributed by atoms with Gasteiger partial charge in [-0.15, -0.1) is 0 Å². The van der Waals surface area contributed by atoms with E-state index in [9.17, 15) is 0 Å². The van der Waals surface area contributed by atoms with Gasteiger partial charge >= 0.3 is 0 Å². The van der Waals surface area contributed by atoms with Crippen LogP contribution in [-0.4, -0.2) is 19.9 Å². The predicted octanol–water partition coefficient (Wildman–Crippen LogP) is 4.83. The Labute approximate surface area is 141 Å². The van der Waals surface area contributed by atoms with E-state index in [0.29, 0.717) is 17.6 Å². The molecule has 0 radical (unpaired) electrons. The Balaban J connectivity index is 1.83. The number of H-pyrrole nitrogens is 1. The lowest BCUT2D eigenvalue weighted by Crippen LogP contribution is -1.98. The fraction of sp³-hybridized carbons (Fsp3) is 0.188. The van der Waals surface area contributed by atoms with E-state index >= 15 is 0 Å². The Morgan fingerprint density at radius 3 is 2.55 bits per heavy atom. The second kappa shape index (κ2) is 5.48. The molecule has 1 fully saturated rings. The van der Waals surface area contributed by atoms with Crippen molar-refractivity contribution in [3.8, 4) is 22.9 Å². The molecule has 2 aromatic heterocycles. The predicted molar refractivity (Wildman–Crippen MR) is 89.7 cm³/mol. The molecular weight excluding hydrogens is 364 g/mol. The largest absolute Gasteiger partial charge is 0.330 e. The van der Waals surface area contributed by atoms with Gasteiger partial charge in [-0.2, -0.15) is 0 Å². The fourth-order valence-corrected chi connectivity index (χ4v) is 2.76. The summed E-state index contributed by atoms with van der Waals surface area (Å²) in [6, 6.07) is 9.77. The van der Waals surface area contributed by atoms with Crippen molar-refractivity contribution in [1.29, 1.82) is 0 Å². The Morgan fingerprint density at radius 1 is 1.14 bits per heavy atom. The molecule has 0 saturated heterocycles. The van der Waals surface area contributed by atoms with Gasteiger partial charge < -0.3 is 4.98 Å².